The maximum absolute atomic E-state index is 13.4. The molecule has 0 amide bonds. The fourth-order valence-electron chi connectivity index (χ4n) is 1.45. The zero-order valence-electron chi connectivity index (χ0n) is 10.8. The summed E-state index contributed by atoms with van der Waals surface area (Å²) in [5, 5.41) is 13.0. The molecule has 0 aliphatic heterocycles. The molecule has 1 heterocycles. The molecule has 0 saturated carbocycles. The number of nitrogens with zero attached hydrogens (tertiary/aromatic N) is 2. The number of rotatable bonds is 7. The van der Waals surface area contributed by atoms with Crippen molar-refractivity contribution in [2.75, 3.05) is 25.6 Å². The van der Waals surface area contributed by atoms with Crippen LogP contribution in [0.4, 0.5) is 20.5 Å². The molecule has 1 aromatic heterocycles. The van der Waals surface area contributed by atoms with E-state index in [0.29, 0.717) is 25.6 Å². The SMILES string of the molecule is COCCNCc1nnc(Nc2cc(F)ccc2F)o1. The summed E-state index contributed by atoms with van der Waals surface area (Å²) in [5.41, 5.74) is -0.0625. The molecule has 0 spiro atoms. The number of hydrogen-bond acceptors (Lipinski definition) is 6. The lowest BCUT2D eigenvalue weighted by Gasteiger charge is -2.02. The zero-order valence-corrected chi connectivity index (χ0v) is 10.8. The van der Waals surface area contributed by atoms with Crippen molar-refractivity contribution in [1.82, 2.24) is 15.5 Å². The highest BCUT2D eigenvalue weighted by Crippen LogP contribution is 2.19. The Bertz CT molecular complexity index is 562. The number of halogens is 2. The summed E-state index contributed by atoms with van der Waals surface area (Å²) in [6.07, 6.45) is 0. The number of hydrogen-bond donors (Lipinski definition) is 2. The van der Waals surface area contributed by atoms with Gasteiger partial charge in [-0.05, 0) is 12.1 Å². The van der Waals surface area contributed by atoms with Gasteiger partial charge < -0.3 is 19.8 Å². The summed E-state index contributed by atoms with van der Waals surface area (Å²) >= 11 is 0. The topological polar surface area (TPSA) is 72.2 Å². The first-order valence-electron chi connectivity index (χ1n) is 5.93. The second-order valence-electron chi connectivity index (χ2n) is 3.92. The van der Waals surface area contributed by atoms with Gasteiger partial charge in [-0.3, -0.25) is 0 Å². The molecule has 0 radical (unpaired) electrons. The standard InChI is InChI=1S/C12H14F2N4O2/c1-19-5-4-15-7-11-17-18-12(20-11)16-10-6-8(13)2-3-9(10)14/h2-3,6,15H,4-5,7H2,1H3,(H,16,18). The average Bonchev–Trinajstić information content (AvgIpc) is 2.87. The van der Waals surface area contributed by atoms with E-state index in [1.165, 1.54) is 0 Å². The fraction of sp³-hybridized carbons (Fsp3) is 0.333. The normalized spacial score (nSPS) is 10.8. The summed E-state index contributed by atoms with van der Waals surface area (Å²) in [7, 11) is 1.60. The third-order valence-electron chi connectivity index (χ3n) is 2.40. The molecule has 1 aromatic carbocycles. The molecular weight excluding hydrogens is 270 g/mol. The predicted molar refractivity (Wildman–Crippen MR) is 67.5 cm³/mol. The lowest BCUT2D eigenvalue weighted by molar-refractivity contribution is 0.198. The van der Waals surface area contributed by atoms with Crippen LogP contribution in [0.25, 0.3) is 0 Å². The Morgan fingerprint density at radius 1 is 1.30 bits per heavy atom. The Morgan fingerprint density at radius 2 is 2.15 bits per heavy atom. The van der Waals surface area contributed by atoms with E-state index < -0.39 is 11.6 Å². The molecule has 0 fully saturated rings. The van der Waals surface area contributed by atoms with Crippen molar-refractivity contribution < 1.29 is 17.9 Å². The summed E-state index contributed by atoms with van der Waals surface area (Å²) < 4.78 is 36.5. The predicted octanol–water partition coefficient (Wildman–Crippen LogP) is 1.83. The maximum atomic E-state index is 13.4. The van der Waals surface area contributed by atoms with Crippen LogP contribution in [0.1, 0.15) is 5.89 Å². The van der Waals surface area contributed by atoms with Crippen LogP contribution in [0, 0.1) is 11.6 Å². The van der Waals surface area contributed by atoms with Crippen molar-refractivity contribution >= 4 is 11.7 Å². The smallest absolute Gasteiger partial charge is 0.320 e. The zero-order chi connectivity index (χ0) is 14.4. The molecule has 0 aliphatic carbocycles. The summed E-state index contributed by atoms with van der Waals surface area (Å²) in [5.74, 6) is -0.834. The van der Waals surface area contributed by atoms with Gasteiger partial charge in [0.05, 0.1) is 18.8 Å². The number of nitrogens with one attached hydrogen (secondary N) is 2. The van der Waals surface area contributed by atoms with Crippen molar-refractivity contribution in [3.8, 4) is 0 Å². The van der Waals surface area contributed by atoms with Crippen LogP contribution in [-0.4, -0.2) is 30.5 Å². The largest absolute Gasteiger partial charge is 0.406 e. The van der Waals surface area contributed by atoms with E-state index in [4.69, 9.17) is 9.15 Å². The molecular formula is C12H14F2N4O2. The highest BCUT2D eigenvalue weighted by Gasteiger charge is 2.09. The Kier molecular flexibility index (Phi) is 4.97. The van der Waals surface area contributed by atoms with E-state index in [1.807, 2.05) is 0 Å². The van der Waals surface area contributed by atoms with Gasteiger partial charge in [0.25, 0.3) is 0 Å². The number of aromatic nitrogens is 2. The van der Waals surface area contributed by atoms with Gasteiger partial charge in [-0.15, -0.1) is 5.10 Å². The molecule has 0 aliphatic rings. The van der Waals surface area contributed by atoms with Crippen molar-refractivity contribution in [1.29, 1.82) is 0 Å². The highest BCUT2D eigenvalue weighted by molar-refractivity contribution is 5.52. The van der Waals surface area contributed by atoms with E-state index in [9.17, 15) is 8.78 Å². The molecule has 20 heavy (non-hydrogen) atoms. The lowest BCUT2D eigenvalue weighted by atomic mass is 10.3. The first kappa shape index (κ1) is 14.4. The maximum Gasteiger partial charge on any atom is 0.320 e. The minimum absolute atomic E-state index is 0.00181. The molecule has 8 heteroatoms. The summed E-state index contributed by atoms with van der Waals surface area (Å²) in [6, 6.07) is 3.05. The second-order valence-corrected chi connectivity index (χ2v) is 3.92. The molecule has 6 nitrogen and oxygen atoms in total. The molecule has 0 unspecified atom stereocenters. The Morgan fingerprint density at radius 3 is 2.95 bits per heavy atom. The molecule has 0 atom stereocenters. The van der Waals surface area contributed by atoms with Crippen LogP contribution in [-0.2, 0) is 11.3 Å². The van der Waals surface area contributed by atoms with Crippen LogP contribution in [0.15, 0.2) is 22.6 Å². The van der Waals surface area contributed by atoms with Crippen molar-refractivity contribution in [3.63, 3.8) is 0 Å². The summed E-state index contributed by atoms with van der Waals surface area (Å²) in [6.45, 7) is 1.57. The van der Waals surface area contributed by atoms with Crippen molar-refractivity contribution in [3.05, 3.63) is 35.7 Å². The molecule has 0 bridgehead atoms. The van der Waals surface area contributed by atoms with Crippen LogP contribution < -0.4 is 10.6 Å². The Labute approximate surface area is 114 Å². The quantitative estimate of drug-likeness (QED) is 0.756. The van der Waals surface area contributed by atoms with E-state index in [0.717, 1.165) is 18.2 Å². The summed E-state index contributed by atoms with van der Waals surface area (Å²) in [4.78, 5) is 0. The van der Waals surface area contributed by atoms with Crippen LogP contribution in [0.2, 0.25) is 0 Å². The van der Waals surface area contributed by atoms with Gasteiger partial charge in [-0.1, -0.05) is 5.10 Å². The van der Waals surface area contributed by atoms with Gasteiger partial charge in [0.15, 0.2) is 0 Å². The number of ether oxygens (including phenoxy) is 1. The minimum atomic E-state index is -0.607. The van der Waals surface area contributed by atoms with E-state index in [-0.39, 0.29) is 11.7 Å². The molecule has 2 N–H and O–H groups in total. The van der Waals surface area contributed by atoms with Crippen molar-refractivity contribution in [2.24, 2.45) is 0 Å². The Hall–Kier alpha value is -2.06. The van der Waals surface area contributed by atoms with E-state index in [2.05, 4.69) is 20.8 Å². The first-order valence-corrected chi connectivity index (χ1v) is 5.93. The highest BCUT2D eigenvalue weighted by atomic mass is 19.1. The first-order chi connectivity index (χ1) is 9.69. The lowest BCUT2D eigenvalue weighted by Crippen LogP contribution is -2.18. The second kappa shape index (κ2) is 6.92. The van der Waals surface area contributed by atoms with Crippen LogP contribution in [0.5, 0.6) is 0 Å². The number of benzene rings is 1. The minimum Gasteiger partial charge on any atom is -0.406 e. The third-order valence-corrected chi connectivity index (χ3v) is 2.40. The van der Waals surface area contributed by atoms with Crippen LogP contribution >= 0.6 is 0 Å². The van der Waals surface area contributed by atoms with Gasteiger partial charge in [0, 0.05) is 19.7 Å². The van der Waals surface area contributed by atoms with Crippen molar-refractivity contribution in [2.45, 2.75) is 6.54 Å². The van der Waals surface area contributed by atoms with E-state index >= 15 is 0 Å². The Balaban J connectivity index is 1.93. The molecule has 108 valence electrons. The number of methoxy groups -OCH3 is 1. The monoisotopic (exact) mass is 284 g/mol. The molecule has 2 aromatic rings. The van der Waals surface area contributed by atoms with Gasteiger partial charge in [0.2, 0.25) is 5.89 Å². The third kappa shape index (κ3) is 3.97. The van der Waals surface area contributed by atoms with Gasteiger partial charge in [-0.2, -0.15) is 0 Å². The molecule has 0 saturated heterocycles. The van der Waals surface area contributed by atoms with Gasteiger partial charge in [-0.25, -0.2) is 8.78 Å². The van der Waals surface area contributed by atoms with Gasteiger partial charge in [0.1, 0.15) is 11.6 Å². The fourth-order valence-corrected chi connectivity index (χ4v) is 1.45. The van der Waals surface area contributed by atoms with Gasteiger partial charge >= 0.3 is 6.01 Å². The molecule has 2 rings (SSSR count). The number of anilines is 2. The van der Waals surface area contributed by atoms with Crippen LogP contribution in [0.3, 0.4) is 0 Å². The average molecular weight is 284 g/mol. The van der Waals surface area contributed by atoms with E-state index in [1.54, 1.807) is 7.11 Å².